The molecule has 1 aliphatic rings. The number of ether oxygens (including phenoxy) is 1. The molecule has 0 saturated carbocycles. The van der Waals surface area contributed by atoms with Crippen LogP contribution >= 0.6 is 0 Å². The van der Waals surface area contributed by atoms with Crippen LogP contribution in [0.15, 0.2) is 17.7 Å². The van der Waals surface area contributed by atoms with Gasteiger partial charge in [0.05, 0.1) is 7.11 Å². The number of aryl methyl sites for hydroxylation is 2. The molecule has 0 unspecified atom stereocenters. The normalized spacial score (nSPS) is 15.4. The van der Waals surface area contributed by atoms with Crippen molar-refractivity contribution in [2.45, 2.75) is 33.1 Å². The van der Waals surface area contributed by atoms with Gasteiger partial charge in [-0.05, 0) is 61.1 Å². The van der Waals surface area contributed by atoms with Crippen molar-refractivity contribution in [1.82, 2.24) is 0 Å². The van der Waals surface area contributed by atoms with E-state index < -0.39 is 5.97 Å². The van der Waals surface area contributed by atoms with Gasteiger partial charge in [0, 0.05) is 6.42 Å². The van der Waals surface area contributed by atoms with E-state index in [2.05, 4.69) is 0 Å². The van der Waals surface area contributed by atoms with Crippen molar-refractivity contribution in [2.24, 2.45) is 0 Å². The molecule has 4 heteroatoms. The van der Waals surface area contributed by atoms with E-state index in [0.717, 1.165) is 28.7 Å². The maximum absolute atomic E-state index is 12.0. The topological polar surface area (TPSA) is 63.6 Å². The average molecular weight is 274 g/mol. The molecular formula is C16H18O4. The zero-order valence-electron chi connectivity index (χ0n) is 11.9. The van der Waals surface area contributed by atoms with Crippen LogP contribution in [0, 0.1) is 13.8 Å². The second-order valence-corrected chi connectivity index (χ2v) is 5.08. The lowest BCUT2D eigenvalue weighted by molar-refractivity contribution is -0.137. The molecule has 0 fully saturated rings. The van der Waals surface area contributed by atoms with Gasteiger partial charge in [-0.1, -0.05) is 0 Å². The molecule has 0 amide bonds. The Morgan fingerprint density at radius 1 is 1.20 bits per heavy atom. The summed E-state index contributed by atoms with van der Waals surface area (Å²) in [6.45, 7) is 3.60. The number of Topliss-reactive ketones (excluding diaryl/α,β-unsaturated/α-hetero) is 1. The van der Waals surface area contributed by atoms with Crippen LogP contribution in [0.25, 0.3) is 5.57 Å². The van der Waals surface area contributed by atoms with E-state index in [9.17, 15) is 14.7 Å². The van der Waals surface area contributed by atoms with Gasteiger partial charge in [0.1, 0.15) is 11.3 Å². The van der Waals surface area contributed by atoms with Crippen molar-refractivity contribution in [2.75, 3.05) is 7.11 Å². The highest BCUT2D eigenvalue weighted by Gasteiger charge is 2.28. The highest BCUT2D eigenvalue weighted by molar-refractivity contribution is 6.23. The van der Waals surface area contributed by atoms with Crippen LogP contribution in [0.3, 0.4) is 0 Å². The maximum Gasteiger partial charge on any atom is 0.341 e. The van der Waals surface area contributed by atoms with Crippen molar-refractivity contribution < 1.29 is 19.4 Å². The summed E-state index contributed by atoms with van der Waals surface area (Å²) in [4.78, 5) is 23.9. The number of hydrogen-bond donors (Lipinski definition) is 1. The molecule has 106 valence electrons. The lowest BCUT2D eigenvalue weighted by Crippen LogP contribution is -2.20. The van der Waals surface area contributed by atoms with Gasteiger partial charge in [-0.15, -0.1) is 0 Å². The van der Waals surface area contributed by atoms with Gasteiger partial charge in [0.2, 0.25) is 0 Å². The molecule has 0 radical (unpaired) electrons. The molecule has 1 aromatic carbocycles. The number of hydrogen-bond acceptors (Lipinski definition) is 4. The van der Waals surface area contributed by atoms with Crippen LogP contribution in [0.1, 0.15) is 36.0 Å². The standard InChI is InChI=1S/C16H18O4/c1-9-7-11(8-10(2)15(9)18)12-5-4-6-13(17)14(12)16(19)20-3/h7-8,18H,4-6H2,1-3H3. The lowest BCUT2D eigenvalue weighted by atomic mass is 9.85. The van der Waals surface area contributed by atoms with Gasteiger partial charge in [0.15, 0.2) is 5.78 Å². The number of rotatable bonds is 2. The quantitative estimate of drug-likeness (QED) is 0.665. The second-order valence-electron chi connectivity index (χ2n) is 5.08. The van der Waals surface area contributed by atoms with E-state index in [-0.39, 0.29) is 17.1 Å². The number of allylic oxidation sites excluding steroid dienone is 1. The van der Waals surface area contributed by atoms with Gasteiger partial charge < -0.3 is 9.84 Å². The Hall–Kier alpha value is -2.10. The average Bonchev–Trinajstić information content (AvgIpc) is 2.43. The summed E-state index contributed by atoms with van der Waals surface area (Å²) in [5.74, 6) is -0.495. The molecule has 1 aromatic rings. The number of phenols is 1. The molecule has 0 bridgehead atoms. The Bertz CT molecular complexity index is 588. The van der Waals surface area contributed by atoms with E-state index in [1.807, 2.05) is 0 Å². The Morgan fingerprint density at radius 2 is 1.80 bits per heavy atom. The summed E-state index contributed by atoms with van der Waals surface area (Å²) in [6, 6.07) is 3.61. The summed E-state index contributed by atoms with van der Waals surface area (Å²) in [6.07, 6.45) is 1.78. The fourth-order valence-corrected chi connectivity index (χ4v) is 2.60. The number of aromatic hydroxyl groups is 1. The smallest absolute Gasteiger partial charge is 0.341 e. The van der Waals surface area contributed by atoms with Crippen LogP contribution in [0.2, 0.25) is 0 Å². The number of ketones is 1. The fraction of sp³-hybridized carbons (Fsp3) is 0.375. The lowest BCUT2D eigenvalue weighted by Gasteiger charge is -2.19. The first-order valence-electron chi connectivity index (χ1n) is 6.61. The molecule has 0 saturated heterocycles. The van der Waals surface area contributed by atoms with Crippen LogP contribution < -0.4 is 0 Å². The maximum atomic E-state index is 12.0. The van der Waals surface area contributed by atoms with E-state index in [0.29, 0.717) is 12.8 Å². The van der Waals surface area contributed by atoms with Crippen LogP contribution in [-0.4, -0.2) is 24.0 Å². The molecule has 4 nitrogen and oxygen atoms in total. The molecule has 0 aromatic heterocycles. The van der Waals surface area contributed by atoms with Gasteiger partial charge >= 0.3 is 5.97 Å². The zero-order chi connectivity index (χ0) is 14.9. The first kappa shape index (κ1) is 14.3. The van der Waals surface area contributed by atoms with Crippen LogP contribution in [0.5, 0.6) is 5.75 Å². The number of methoxy groups -OCH3 is 1. The summed E-state index contributed by atoms with van der Waals surface area (Å²) in [7, 11) is 1.28. The predicted molar refractivity (Wildman–Crippen MR) is 75.4 cm³/mol. The number of carbonyl (C=O) groups excluding carboxylic acids is 2. The molecule has 1 N–H and O–H groups in total. The third-order valence-corrected chi connectivity index (χ3v) is 3.64. The Kier molecular flexibility index (Phi) is 3.93. The summed E-state index contributed by atoms with van der Waals surface area (Å²) >= 11 is 0. The van der Waals surface area contributed by atoms with Crippen molar-refractivity contribution in [3.05, 3.63) is 34.4 Å². The Balaban J connectivity index is 2.63. The van der Waals surface area contributed by atoms with Crippen molar-refractivity contribution in [1.29, 1.82) is 0 Å². The minimum absolute atomic E-state index is 0.156. The number of benzene rings is 1. The minimum Gasteiger partial charge on any atom is -0.507 e. The highest BCUT2D eigenvalue weighted by Crippen LogP contribution is 2.34. The van der Waals surface area contributed by atoms with Crippen LogP contribution in [0.4, 0.5) is 0 Å². The number of carbonyl (C=O) groups is 2. The fourth-order valence-electron chi connectivity index (χ4n) is 2.60. The monoisotopic (exact) mass is 274 g/mol. The summed E-state index contributed by atoms with van der Waals surface area (Å²) in [5, 5.41) is 9.83. The van der Waals surface area contributed by atoms with Gasteiger partial charge in [0.25, 0.3) is 0 Å². The van der Waals surface area contributed by atoms with Gasteiger partial charge in [-0.3, -0.25) is 4.79 Å². The SMILES string of the molecule is COC(=O)C1=C(c2cc(C)c(O)c(C)c2)CCCC1=O. The minimum atomic E-state index is -0.576. The second kappa shape index (κ2) is 5.49. The molecule has 0 heterocycles. The Labute approximate surface area is 118 Å². The first-order chi connectivity index (χ1) is 9.45. The number of phenolic OH excluding ortho intramolecular Hbond substituents is 1. The molecule has 2 rings (SSSR count). The molecular weight excluding hydrogens is 256 g/mol. The Morgan fingerprint density at radius 3 is 2.35 bits per heavy atom. The van der Waals surface area contributed by atoms with Crippen molar-refractivity contribution >= 4 is 17.3 Å². The molecule has 20 heavy (non-hydrogen) atoms. The van der Waals surface area contributed by atoms with E-state index in [1.165, 1.54) is 7.11 Å². The van der Waals surface area contributed by atoms with Gasteiger partial charge in [-0.25, -0.2) is 4.79 Å². The molecule has 0 aliphatic heterocycles. The van der Waals surface area contributed by atoms with Gasteiger partial charge in [-0.2, -0.15) is 0 Å². The number of esters is 1. The van der Waals surface area contributed by atoms with Crippen LogP contribution in [-0.2, 0) is 14.3 Å². The highest BCUT2D eigenvalue weighted by atomic mass is 16.5. The van der Waals surface area contributed by atoms with Crippen molar-refractivity contribution in [3.8, 4) is 5.75 Å². The summed E-state index contributed by atoms with van der Waals surface area (Å²) < 4.78 is 4.73. The first-order valence-corrected chi connectivity index (χ1v) is 6.61. The zero-order valence-corrected chi connectivity index (χ0v) is 11.9. The van der Waals surface area contributed by atoms with E-state index in [4.69, 9.17) is 4.74 Å². The summed E-state index contributed by atoms with van der Waals surface area (Å²) in [5.41, 5.74) is 3.15. The van der Waals surface area contributed by atoms with E-state index >= 15 is 0 Å². The molecule has 0 spiro atoms. The largest absolute Gasteiger partial charge is 0.507 e. The molecule has 1 aliphatic carbocycles. The van der Waals surface area contributed by atoms with Crippen molar-refractivity contribution in [3.63, 3.8) is 0 Å². The third-order valence-electron chi connectivity index (χ3n) is 3.64. The predicted octanol–water partition coefficient (Wildman–Crippen LogP) is 2.69. The molecule has 0 atom stereocenters. The van der Waals surface area contributed by atoms with E-state index in [1.54, 1.807) is 26.0 Å². The third kappa shape index (κ3) is 2.46.